The number of sulfonamides is 1. The predicted molar refractivity (Wildman–Crippen MR) is 115 cm³/mol. The van der Waals surface area contributed by atoms with Crippen molar-refractivity contribution in [2.45, 2.75) is 24.8 Å². The Morgan fingerprint density at radius 1 is 1.10 bits per heavy atom. The molecule has 0 aliphatic rings. The van der Waals surface area contributed by atoms with E-state index in [-0.39, 0.29) is 27.1 Å². The van der Waals surface area contributed by atoms with Crippen LogP contribution in [0.15, 0.2) is 53.4 Å². The second-order valence-corrected chi connectivity index (χ2v) is 8.87. The highest BCUT2D eigenvalue weighted by molar-refractivity contribution is 7.89. The molecular formula is C20H22ClN3O6S. The first kappa shape index (κ1) is 24.3. The molecule has 2 rings (SSSR count). The smallest absolute Gasteiger partial charge is 0.329 e. The van der Waals surface area contributed by atoms with Gasteiger partial charge in [0.05, 0.1) is 15.5 Å². The Balaban J connectivity index is 1.98. The van der Waals surface area contributed by atoms with E-state index in [1.165, 1.54) is 30.3 Å². The summed E-state index contributed by atoms with van der Waals surface area (Å²) < 4.78 is 27.8. The summed E-state index contributed by atoms with van der Waals surface area (Å²) >= 11 is 6.01. The minimum atomic E-state index is -3.93. The summed E-state index contributed by atoms with van der Waals surface area (Å²) in [6.45, 7) is 2.78. The highest BCUT2D eigenvalue weighted by Gasteiger charge is 2.27. The molecule has 0 bridgehead atoms. The van der Waals surface area contributed by atoms with Gasteiger partial charge in [-0.2, -0.15) is 0 Å². The maximum atomic E-state index is 12.4. The van der Waals surface area contributed by atoms with Crippen LogP contribution in [0.2, 0.25) is 5.02 Å². The zero-order valence-corrected chi connectivity index (χ0v) is 18.4. The fourth-order valence-electron chi connectivity index (χ4n) is 2.54. The Hall–Kier alpha value is -2.95. The summed E-state index contributed by atoms with van der Waals surface area (Å²) in [6.07, 6.45) is 0. The van der Waals surface area contributed by atoms with Crippen LogP contribution in [0.5, 0.6) is 0 Å². The van der Waals surface area contributed by atoms with Crippen LogP contribution < -0.4 is 15.8 Å². The van der Waals surface area contributed by atoms with Gasteiger partial charge in [0.1, 0.15) is 6.04 Å². The maximum Gasteiger partial charge on any atom is 0.329 e. The number of rotatable bonds is 8. The molecule has 0 saturated carbocycles. The average Bonchev–Trinajstić information content (AvgIpc) is 2.69. The lowest BCUT2D eigenvalue weighted by atomic mass is 10.0. The lowest BCUT2D eigenvalue weighted by Gasteiger charge is -2.21. The predicted octanol–water partition coefficient (Wildman–Crippen LogP) is 1.92. The fraction of sp³-hybridized carbons (Fsp3) is 0.250. The first-order valence-electron chi connectivity index (χ1n) is 9.13. The standard InChI is InChI=1S/C20H22ClN3O6S/c1-12(2)18(24-19(26)15-8-3-4-9-16(15)21)20(27)30-11-17(25)23-13-6-5-7-14(10-13)31(22,28)29/h3-10,12,18H,11H2,1-2H3,(H,23,25)(H,24,26)(H2,22,28,29). The van der Waals surface area contributed by atoms with E-state index in [4.69, 9.17) is 21.5 Å². The molecule has 31 heavy (non-hydrogen) atoms. The van der Waals surface area contributed by atoms with Gasteiger partial charge in [-0.3, -0.25) is 9.59 Å². The van der Waals surface area contributed by atoms with Crippen molar-refractivity contribution in [3.8, 4) is 0 Å². The molecule has 0 aliphatic heterocycles. The monoisotopic (exact) mass is 467 g/mol. The Bertz CT molecular complexity index is 1090. The zero-order valence-electron chi connectivity index (χ0n) is 16.8. The maximum absolute atomic E-state index is 12.4. The number of carbonyl (C=O) groups is 3. The van der Waals surface area contributed by atoms with Gasteiger partial charge < -0.3 is 15.4 Å². The van der Waals surface area contributed by atoms with Crippen LogP contribution in [0, 0.1) is 5.92 Å². The molecule has 0 radical (unpaired) electrons. The first-order chi connectivity index (χ1) is 14.5. The minimum absolute atomic E-state index is 0.167. The summed E-state index contributed by atoms with van der Waals surface area (Å²) in [5.41, 5.74) is 0.370. The van der Waals surface area contributed by atoms with E-state index in [1.54, 1.807) is 32.0 Å². The van der Waals surface area contributed by atoms with Gasteiger partial charge in [-0.15, -0.1) is 0 Å². The number of esters is 1. The summed E-state index contributed by atoms with van der Waals surface area (Å²) in [5, 5.41) is 10.3. The molecule has 2 aromatic carbocycles. The van der Waals surface area contributed by atoms with Gasteiger partial charge in [0, 0.05) is 5.69 Å². The number of benzene rings is 2. The number of carbonyl (C=O) groups excluding carboxylic acids is 3. The number of ether oxygens (including phenoxy) is 1. The number of halogens is 1. The number of nitrogens with two attached hydrogens (primary N) is 1. The molecule has 2 aromatic rings. The minimum Gasteiger partial charge on any atom is -0.454 e. The largest absolute Gasteiger partial charge is 0.454 e. The van der Waals surface area contributed by atoms with Gasteiger partial charge in [0.15, 0.2) is 6.61 Å². The number of nitrogens with one attached hydrogen (secondary N) is 2. The third-order valence-corrected chi connectivity index (χ3v) is 5.36. The normalized spacial score (nSPS) is 12.2. The molecule has 4 N–H and O–H groups in total. The molecule has 1 unspecified atom stereocenters. The Morgan fingerprint density at radius 3 is 2.39 bits per heavy atom. The number of amides is 2. The van der Waals surface area contributed by atoms with Crippen molar-refractivity contribution in [1.29, 1.82) is 0 Å². The molecule has 0 heterocycles. The van der Waals surface area contributed by atoms with Gasteiger partial charge in [-0.25, -0.2) is 18.4 Å². The van der Waals surface area contributed by atoms with Crippen molar-refractivity contribution in [3.63, 3.8) is 0 Å². The SMILES string of the molecule is CC(C)C(NC(=O)c1ccccc1Cl)C(=O)OCC(=O)Nc1cccc(S(N)(=O)=O)c1. The van der Waals surface area contributed by atoms with Gasteiger partial charge in [0.2, 0.25) is 10.0 Å². The van der Waals surface area contributed by atoms with Crippen LogP contribution in [-0.2, 0) is 24.3 Å². The second kappa shape index (κ2) is 10.4. The summed E-state index contributed by atoms with van der Waals surface area (Å²) in [7, 11) is -3.93. The lowest BCUT2D eigenvalue weighted by Crippen LogP contribution is -2.46. The number of primary sulfonamides is 1. The van der Waals surface area contributed by atoms with E-state index in [0.717, 1.165) is 0 Å². The van der Waals surface area contributed by atoms with Crippen LogP contribution in [0.3, 0.4) is 0 Å². The second-order valence-electron chi connectivity index (χ2n) is 6.90. The summed E-state index contributed by atoms with van der Waals surface area (Å²) in [6, 6.07) is 10.7. The van der Waals surface area contributed by atoms with Crippen LogP contribution in [-0.4, -0.2) is 38.9 Å². The molecular weight excluding hydrogens is 446 g/mol. The van der Waals surface area contributed by atoms with Crippen molar-refractivity contribution in [1.82, 2.24) is 5.32 Å². The number of anilines is 1. The average molecular weight is 468 g/mol. The lowest BCUT2D eigenvalue weighted by molar-refractivity contribution is -0.150. The Kier molecular flexibility index (Phi) is 8.14. The Labute approximate surface area is 185 Å². The topological polar surface area (TPSA) is 145 Å². The highest BCUT2D eigenvalue weighted by atomic mass is 35.5. The molecule has 11 heteroatoms. The van der Waals surface area contributed by atoms with Crippen molar-refractivity contribution in [2.75, 3.05) is 11.9 Å². The van der Waals surface area contributed by atoms with Crippen molar-refractivity contribution >= 4 is 45.1 Å². The van der Waals surface area contributed by atoms with Crippen molar-refractivity contribution in [2.24, 2.45) is 11.1 Å². The molecule has 9 nitrogen and oxygen atoms in total. The van der Waals surface area contributed by atoms with Crippen LogP contribution in [0.4, 0.5) is 5.69 Å². The van der Waals surface area contributed by atoms with Crippen molar-refractivity contribution in [3.05, 3.63) is 59.1 Å². The van der Waals surface area contributed by atoms with E-state index in [1.807, 2.05) is 0 Å². The summed E-state index contributed by atoms with van der Waals surface area (Å²) in [5.74, 6) is -2.37. The van der Waals surface area contributed by atoms with Gasteiger partial charge >= 0.3 is 5.97 Å². The molecule has 2 amide bonds. The molecule has 0 fully saturated rings. The number of hydrogen-bond acceptors (Lipinski definition) is 6. The molecule has 0 saturated heterocycles. The molecule has 0 aliphatic carbocycles. The van der Waals surface area contributed by atoms with E-state index in [2.05, 4.69) is 10.6 Å². The summed E-state index contributed by atoms with van der Waals surface area (Å²) in [4.78, 5) is 36.8. The van der Waals surface area contributed by atoms with E-state index >= 15 is 0 Å². The Morgan fingerprint density at radius 2 is 1.77 bits per heavy atom. The van der Waals surface area contributed by atoms with Gasteiger partial charge in [-0.1, -0.05) is 43.6 Å². The van der Waals surface area contributed by atoms with E-state index < -0.39 is 40.5 Å². The molecule has 1 atom stereocenters. The highest BCUT2D eigenvalue weighted by Crippen LogP contribution is 2.16. The third kappa shape index (κ3) is 7.06. The van der Waals surface area contributed by atoms with Crippen molar-refractivity contribution < 1.29 is 27.5 Å². The van der Waals surface area contributed by atoms with E-state index in [0.29, 0.717) is 0 Å². The molecule has 0 spiro atoms. The number of hydrogen-bond donors (Lipinski definition) is 3. The molecule has 166 valence electrons. The molecule has 0 aromatic heterocycles. The van der Waals surface area contributed by atoms with Crippen LogP contribution >= 0.6 is 11.6 Å². The first-order valence-corrected chi connectivity index (χ1v) is 11.1. The zero-order chi connectivity index (χ0) is 23.2. The van der Waals surface area contributed by atoms with Gasteiger partial charge in [0.25, 0.3) is 11.8 Å². The van der Waals surface area contributed by atoms with E-state index in [9.17, 15) is 22.8 Å². The third-order valence-electron chi connectivity index (χ3n) is 4.12. The quantitative estimate of drug-likeness (QED) is 0.506. The fourth-order valence-corrected chi connectivity index (χ4v) is 3.32. The van der Waals surface area contributed by atoms with Crippen LogP contribution in [0.25, 0.3) is 0 Å². The van der Waals surface area contributed by atoms with Crippen LogP contribution in [0.1, 0.15) is 24.2 Å². The van der Waals surface area contributed by atoms with Gasteiger partial charge in [-0.05, 0) is 36.2 Å².